The van der Waals surface area contributed by atoms with Crippen LogP contribution in [0.3, 0.4) is 0 Å². The Hall–Kier alpha value is -1.77. The number of nitrogens with zero attached hydrogens (tertiary/aromatic N) is 2. The Morgan fingerprint density at radius 3 is 2.35 bits per heavy atom. The average Bonchev–Trinajstić information content (AvgIpc) is 2.77. The summed E-state index contributed by atoms with van der Waals surface area (Å²) in [7, 11) is 0. The van der Waals surface area contributed by atoms with Crippen molar-refractivity contribution in [1.82, 2.24) is 9.96 Å². The van der Waals surface area contributed by atoms with Gasteiger partial charge in [0.15, 0.2) is 0 Å². The number of carbonyl (C=O) groups excluding carboxylic acids is 4. The van der Waals surface area contributed by atoms with E-state index in [1.54, 1.807) is 20.8 Å². The zero-order chi connectivity index (χ0) is 17.2. The number of carbonyl (C=O) groups is 4. The molecule has 0 spiro atoms. The summed E-state index contributed by atoms with van der Waals surface area (Å²) in [5, 5.41) is 0.495. The lowest BCUT2D eigenvalue weighted by atomic mass is 10.2. The highest BCUT2D eigenvalue weighted by atomic mass is 32.2. The van der Waals surface area contributed by atoms with Crippen LogP contribution in [0.1, 0.15) is 33.6 Å². The van der Waals surface area contributed by atoms with Gasteiger partial charge >= 0.3 is 12.1 Å². The van der Waals surface area contributed by atoms with E-state index in [0.717, 1.165) is 0 Å². The minimum Gasteiger partial charge on any atom is -0.444 e. The van der Waals surface area contributed by atoms with Gasteiger partial charge in [0.1, 0.15) is 11.6 Å². The van der Waals surface area contributed by atoms with Crippen molar-refractivity contribution in [3.63, 3.8) is 0 Å². The van der Waals surface area contributed by atoms with E-state index in [1.807, 2.05) is 0 Å². The molecule has 2 fully saturated rings. The minimum atomic E-state index is -0.884. The molecule has 2 aliphatic rings. The highest BCUT2D eigenvalue weighted by Gasteiger charge is 2.40. The van der Waals surface area contributed by atoms with Crippen molar-refractivity contribution in [2.24, 2.45) is 0 Å². The number of imide groups is 1. The lowest BCUT2D eigenvalue weighted by Crippen LogP contribution is -2.53. The fourth-order valence-electron chi connectivity index (χ4n) is 2.15. The third-order valence-corrected chi connectivity index (χ3v) is 4.24. The summed E-state index contributed by atoms with van der Waals surface area (Å²) < 4.78 is 5.29. The van der Waals surface area contributed by atoms with E-state index in [4.69, 9.17) is 9.57 Å². The van der Waals surface area contributed by atoms with Gasteiger partial charge in [0.2, 0.25) is 0 Å². The molecule has 0 N–H and O–H groups in total. The highest BCUT2D eigenvalue weighted by Crippen LogP contribution is 2.22. The summed E-state index contributed by atoms with van der Waals surface area (Å²) in [5.74, 6) is -0.892. The lowest BCUT2D eigenvalue weighted by molar-refractivity contribution is -0.200. The molecule has 0 aliphatic carbocycles. The molecule has 2 rings (SSSR count). The summed E-state index contributed by atoms with van der Waals surface area (Å²) in [6.45, 7) is 5.54. The van der Waals surface area contributed by atoms with Crippen LogP contribution in [0.25, 0.3) is 0 Å². The molecular weight excluding hydrogens is 324 g/mol. The lowest BCUT2D eigenvalue weighted by Gasteiger charge is -2.35. The second-order valence-corrected chi connectivity index (χ2v) is 7.41. The molecule has 0 aromatic heterocycles. The van der Waals surface area contributed by atoms with Crippen molar-refractivity contribution < 1.29 is 28.8 Å². The van der Waals surface area contributed by atoms with Gasteiger partial charge in [0, 0.05) is 30.9 Å². The van der Waals surface area contributed by atoms with Gasteiger partial charge < -0.3 is 9.57 Å². The number of ether oxygens (including phenoxy) is 1. The predicted molar refractivity (Wildman–Crippen MR) is 81.2 cm³/mol. The number of amides is 3. The molecule has 1 atom stereocenters. The highest BCUT2D eigenvalue weighted by molar-refractivity contribution is 7.99. The fraction of sp³-hybridized carbons (Fsp3) is 0.714. The van der Waals surface area contributed by atoms with E-state index in [-0.39, 0.29) is 12.8 Å². The summed E-state index contributed by atoms with van der Waals surface area (Å²) >= 11 is 1.49. The first-order chi connectivity index (χ1) is 10.7. The smallest absolute Gasteiger partial charge is 0.411 e. The summed E-state index contributed by atoms with van der Waals surface area (Å²) in [4.78, 5) is 53.8. The van der Waals surface area contributed by atoms with E-state index in [1.165, 1.54) is 16.7 Å². The molecule has 2 aliphatic heterocycles. The van der Waals surface area contributed by atoms with Crippen molar-refractivity contribution in [3.05, 3.63) is 0 Å². The first kappa shape index (κ1) is 17.6. The normalized spacial score (nSPS) is 22.3. The van der Waals surface area contributed by atoms with Crippen LogP contribution < -0.4 is 0 Å². The van der Waals surface area contributed by atoms with E-state index < -0.39 is 35.5 Å². The van der Waals surface area contributed by atoms with Crippen molar-refractivity contribution in [3.8, 4) is 0 Å². The molecule has 23 heavy (non-hydrogen) atoms. The Morgan fingerprint density at radius 2 is 1.78 bits per heavy atom. The standard InChI is InChI=1S/C14H20N2O6S/c1-14(2,3)21-13(20)15-6-7-23-8-9(15)12(19)22-16-10(17)4-5-11(16)18/h9H,4-8H2,1-3H3. The SMILES string of the molecule is CC(C)(C)OC(=O)N1CCSCC1C(=O)ON1C(=O)CCC1=O. The molecule has 0 aromatic carbocycles. The molecule has 128 valence electrons. The molecular formula is C14H20N2O6S. The quantitative estimate of drug-likeness (QED) is 0.688. The minimum absolute atomic E-state index is 0.0291. The summed E-state index contributed by atoms with van der Waals surface area (Å²) in [6.07, 6.45) is -0.554. The van der Waals surface area contributed by atoms with E-state index in [0.29, 0.717) is 23.1 Å². The number of hydroxylamine groups is 2. The van der Waals surface area contributed by atoms with E-state index in [2.05, 4.69) is 0 Å². The Bertz CT molecular complexity index is 514. The molecule has 0 saturated carbocycles. The number of hydrogen-bond acceptors (Lipinski definition) is 7. The molecule has 9 heteroatoms. The maximum absolute atomic E-state index is 12.3. The van der Waals surface area contributed by atoms with Crippen LogP contribution in [0.4, 0.5) is 4.79 Å². The van der Waals surface area contributed by atoms with Gasteiger partial charge in [-0.3, -0.25) is 14.5 Å². The summed E-state index contributed by atoms with van der Waals surface area (Å²) in [5.41, 5.74) is -0.684. The van der Waals surface area contributed by atoms with Crippen molar-refractivity contribution in [2.45, 2.75) is 45.3 Å². The molecule has 1 unspecified atom stereocenters. The third kappa shape index (κ3) is 4.37. The molecule has 2 saturated heterocycles. The zero-order valence-electron chi connectivity index (χ0n) is 13.4. The number of hydrogen-bond donors (Lipinski definition) is 0. The van der Waals surface area contributed by atoms with Crippen molar-refractivity contribution >= 4 is 35.6 Å². The van der Waals surface area contributed by atoms with Crippen LogP contribution in [-0.4, -0.2) is 63.5 Å². The van der Waals surface area contributed by atoms with Gasteiger partial charge in [0.25, 0.3) is 11.8 Å². The topological polar surface area (TPSA) is 93.2 Å². The van der Waals surface area contributed by atoms with Crippen LogP contribution in [-0.2, 0) is 24.0 Å². The van der Waals surface area contributed by atoms with Gasteiger partial charge in [-0.05, 0) is 20.8 Å². The van der Waals surface area contributed by atoms with Gasteiger partial charge in [-0.1, -0.05) is 0 Å². The molecule has 0 bridgehead atoms. The first-order valence-electron chi connectivity index (χ1n) is 7.34. The monoisotopic (exact) mass is 344 g/mol. The Labute approximate surface area is 138 Å². The second kappa shape index (κ2) is 6.77. The molecule has 0 radical (unpaired) electrons. The van der Waals surface area contributed by atoms with Crippen molar-refractivity contribution in [2.75, 3.05) is 18.1 Å². The predicted octanol–water partition coefficient (Wildman–Crippen LogP) is 0.946. The maximum Gasteiger partial charge on any atom is 0.411 e. The van der Waals surface area contributed by atoms with Gasteiger partial charge in [0.05, 0.1) is 0 Å². The maximum atomic E-state index is 12.3. The third-order valence-electron chi connectivity index (χ3n) is 3.22. The first-order valence-corrected chi connectivity index (χ1v) is 8.49. The molecule has 2 heterocycles. The van der Waals surface area contributed by atoms with Crippen LogP contribution in [0.15, 0.2) is 0 Å². The van der Waals surface area contributed by atoms with Gasteiger partial charge in [-0.25, -0.2) is 9.59 Å². The average molecular weight is 344 g/mol. The number of thioether (sulfide) groups is 1. The van der Waals surface area contributed by atoms with Crippen LogP contribution in [0.2, 0.25) is 0 Å². The molecule has 0 aromatic rings. The Balaban J connectivity index is 2.05. The van der Waals surface area contributed by atoms with E-state index in [9.17, 15) is 19.2 Å². The van der Waals surface area contributed by atoms with Gasteiger partial charge in [-0.2, -0.15) is 11.8 Å². The Morgan fingerprint density at radius 1 is 1.17 bits per heavy atom. The summed E-state index contributed by atoms with van der Waals surface area (Å²) in [6, 6.07) is -0.884. The molecule has 8 nitrogen and oxygen atoms in total. The molecule has 3 amide bonds. The van der Waals surface area contributed by atoms with Crippen LogP contribution in [0, 0.1) is 0 Å². The Kier molecular flexibility index (Phi) is 5.18. The van der Waals surface area contributed by atoms with E-state index >= 15 is 0 Å². The van der Waals surface area contributed by atoms with Crippen LogP contribution >= 0.6 is 11.8 Å². The van der Waals surface area contributed by atoms with Gasteiger partial charge in [-0.15, -0.1) is 5.06 Å². The second-order valence-electron chi connectivity index (χ2n) is 6.26. The largest absolute Gasteiger partial charge is 0.444 e. The number of rotatable bonds is 2. The van der Waals surface area contributed by atoms with Crippen LogP contribution in [0.5, 0.6) is 0 Å². The van der Waals surface area contributed by atoms with Crippen molar-refractivity contribution in [1.29, 1.82) is 0 Å². The fourth-order valence-corrected chi connectivity index (χ4v) is 3.18. The zero-order valence-corrected chi connectivity index (χ0v) is 14.2.